The highest BCUT2D eigenvalue weighted by Crippen LogP contribution is 2.26. The molecule has 162 valence electrons. The molecule has 1 aliphatic rings. The van der Waals surface area contributed by atoms with Gasteiger partial charge in [0.1, 0.15) is 17.3 Å². The second-order valence-electron chi connectivity index (χ2n) is 8.00. The van der Waals surface area contributed by atoms with Gasteiger partial charge in [0, 0.05) is 25.0 Å². The fourth-order valence-electron chi connectivity index (χ4n) is 4.07. The fourth-order valence-corrected chi connectivity index (χ4v) is 4.07. The number of amides is 1. The normalized spacial score (nSPS) is 13.7. The molecule has 1 aliphatic heterocycles. The summed E-state index contributed by atoms with van der Waals surface area (Å²) in [7, 11) is 0. The number of aromatic nitrogens is 2. The van der Waals surface area contributed by atoms with Gasteiger partial charge in [0.25, 0.3) is 0 Å². The van der Waals surface area contributed by atoms with E-state index in [0.717, 1.165) is 42.4 Å². The van der Waals surface area contributed by atoms with E-state index >= 15 is 0 Å². The van der Waals surface area contributed by atoms with Crippen LogP contribution >= 0.6 is 0 Å². The molecule has 2 aromatic heterocycles. The van der Waals surface area contributed by atoms with Crippen LogP contribution in [0.1, 0.15) is 22.5 Å². The van der Waals surface area contributed by atoms with Gasteiger partial charge < -0.3 is 9.73 Å². The largest absolute Gasteiger partial charge is 0.458 e. The maximum absolute atomic E-state index is 13.8. The van der Waals surface area contributed by atoms with Gasteiger partial charge >= 0.3 is 0 Å². The molecule has 32 heavy (non-hydrogen) atoms. The molecule has 3 heterocycles. The number of fused-ring (bicyclic) bond motifs is 1. The van der Waals surface area contributed by atoms with Crippen LogP contribution in [0.3, 0.4) is 0 Å². The van der Waals surface area contributed by atoms with Gasteiger partial charge in [-0.1, -0.05) is 24.3 Å². The predicted molar refractivity (Wildman–Crippen MR) is 119 cm³/mol. The van der Waals surface area contributed by atoms with E-state index in [1.165, 1.54) is 17.2 Å². The molecule has 1 amide bonds. The van der Waals surface area contributed by atoms with Gasteiger partial charge in [-0.3, -0.25) is 14.8 Å². The number of benzene rings is 2. The topological polar surface area (TPSA) is 74.2 Å². The molecule has 4 aromatic rings. The molecule has 7 heteroatoms. The molecule has 0 radical (unpaired) electrons. The number of nitrogens with one attached hydrogen (secondary N) is 2. The number of hydrogen-bond donors (Lipinski definition) is 2. The monoisotopic (exact) mass is 430 g/mol. The van der Waals surface area contributed by atoms with E-state index in [-0.39, 0.29) is 18.1 Å². The van der Waals surface area contributed by atoms with Gasteiger partial charge in [0.15, 0.2) is 5.76 Å². The Morgan fingerprint density at radius 3 is 2.88 bits per heavy atom. The van der Waals surface area contributed by atoms with Crippen LogP contribution in [0.2, 0.25) is 0 Å². The van der Waals surface area contributed by atoms with Crippen molar-refractivity contribution >= 4 is 11.6 Å². The fraction of sp³-hybridized carbons (Fsp3) is 0.200. The number of H-pyrrole nitrogens is 1. The molecule has 0 fully saturated rings. The van der Waals surface area contributed by atoms with Crippen LogP contribution in [0.15, 0.2) is 71.3 Å². The van der Waals surface area contributed by atoms with E-state index in [4.69, 9.17) is 4.42 Å². The lowest BCUT2D eigenvalue weighted by Crippen LogP contribution is -2.30. The summed E-state index contributed by atoms with van der Waals surface area (Å²) in [6.45, 7) is 2.41. The average molecular weight is 430 g/mol. The lowest BCUT2D eigenvalue weighted by atomic mass is 9.99. The van der Waals surface area contributed by atoms with Crippen LogP contribution in [-0.4, -0.2) is 27.5 Å². The number of furan rings is 1. The molecule has 2 N–H and O–H groups in total. The Hall–Kier alpha value is -3.71. The molecular weight excluding hydrogens is 407 g/mol. The minimum atomic E-state index is -0.364. The summed E-state index contributed by atoms with van der Waals surface area (Å²) < 4.78 is 19.8. The Labute approximate surface area is 185 Å². The Morgan fingerprint density at radius 1 is 1.12 bits per heavy atom. The first-order chi connectivity index (χ1) is 15.6. The second kappa shape index (κ2) is 8.80. The lowest BCUT2D eigenvalue weighted by molar-refractivity contribution is -0.115. The van der Waals surface area contributed by atoms with Crippen LogP contribution in [-0.2, 0) is 30.7 Å². The molecule has 0 atom stereocenters. The summed E-state index contributed by atoms with van der Waals surface area (Å²) in [6, 6.07) is 18.2. The molecule has 0 saturated carbocycles. The maximum Gasteiger partial charge on any atom is 0.228 e. The van der Waals surface area contributed by atoms with Gasteiger partial charge in [0.05, 0.1) is 13.0 Å². The van der Waals surface area contributed by atoms with E-state index in [2.05, 4.69) is 26.5 Å². The predicted octanol–water partition coefficient (Wildman–Crippen LogP) is 4.55. The average Bonchev–Trinajstić information content (AvgIpc) is 3.47. The minimum Gasteiger partial charge on any atom is -0.458 e. The highest BCUT2D eigenvalue weighted by atomic mass is 19.1. The van der Waals surface area contributed by atoms with Crippen molar-refractivity contribution in [2.24, 2.45) is 0 Å². The van der Waals surface area contributed by atoms with Crippen molar-refractivity contribution in [2.45, 2.75) is 25.9 Å². The molecule has 0 unspecified atom stereocenters. The third kappa shape index (κ3) is 4.48. The molecule has 0 bridgehead atoms. The van der Waals surface area contributed by atoms with Crippen LogP contribution in [0.5, 0.6) is 0 Å². The zero-order valence-electron chi connectivity index (χ0n) is 17.5. The van der Waals surface area contributed by atoms with E-state index in [1.807, 2.05) is 30.3 Å². The summed E-state index contributed by atoms with van der Waals surface area (Å²) in [5, 5.41) is 9.77. The number of carbonyl (C=O) groups excluding carboxylic acids is 1. The summed E-state index contributed by atoms with van der Waals surface area (Å²) >= 11 is 0. The number of rotatable bonds is 6. The number of nitrogens with zero attached hydrogens (tertiary/aromatic N) is 2. The Bertz CT molecular complexity index is 1230. The highest BCUT2D eigenvalue weighted by molar-refractivity contribution is 5.92. The third-order valence-corrected chi connectivity index (χ3v) is 5.70. The van der Waals surface area contributed by atoms with E-state index in [9.17, 15) is 9.18 Å². The smallest absolute Gasteiger partial charge is 0.228 e. The zero-order chi connectivity index (χ0) is 21.9. The third-order valence-electron chi connectivity index (χ3n) is 5.70. The lowest BCUT2D eigenvalue weighted by Gasteiger charge is -2.28. The van der Waals surface area contributed by atoms with Crippen molar-refractivity contribution in [1.29, 1.82) is 0 Å². The molecule has 0 saturated heterocycles. The number of hydrogen-bond acceptors (Lipinski definition) is 4. The number of anilines is 1. The molecule has 0 aliphatic carbocycles. The number of carbonyl (C=O) groups is 1. The van der Waals surface area contributed by atoms with Crippen LogP contribution in [0, 0.1) is 5.82 Å². The maximum atomic E-state index is 13.8. The van der Waals surface area contributed by atoms with Crippen molar-refractivity contribution in [3.8, 4) is 11.5 Å². The molecule has 6 nitrogen and oxygen atoms in total. The summed E-state index contributed by atoms with van der Waals surface area (Å²) in [5.74, 6) is 1.07. The van der Waals surface area contributed by atoms with Crippen molar-refractivity contribution < 1.29 is 13.6 Å². The van der Waals surface area contributed by atoms with Gasteiger partial charge in [-0.05, 0) is 59.5 Å². The first kappa shape index (κ1) is 20.2. The van der Waals surface area contributed by atoms with Crippen molar-refractivity contribution in [3.63, 3.8) is 0 Å². The quantitative estimate of drug-likeness (QED) is 0.471. The molecule has 0 spiro atoms. The number of aromatic amines is 1. The molecule has 5 rings (SSSR count). The van der Waals surface area contributed by atoms with Crippen LogP contribution < -0.4 is 5.32 Å². The standard InChI is InChI=1S/C25H23FN4O2/c26-22-4-2-1-3-18(22)14-25(31)28-20-6-5-17-10-12-30(15-19(17)13-20)16-21-7-8-24(32-21)23-9-11-27-29-23/h1-9,11,13H,10,12,14-16H2,(H,27,29)(H,28,31). The zero-order valence-corrected chi connectivity index (χ0v) is 17.5. The molecule has 2 aromatic carbocycles. The summed E-state index contributed by atoms with van der Waals surface area (Å²) in [6.07, 6.45) is 2.64. The Balaban J connectivity index is 1.23. The second-order valence-corrected chi connectivity index (χ2v) is 8.00. The Morgan fingerprint density at radius 2 is 2.03 bits per heavy atom. The van der Waals surface area contributed by atoms with Gasteiger partial charge in [0.2, 0.25) is 5.91 Å². The first-order valence-corrected chi connectivity index (χ1v) is 10.6. The van der Waals surface area contributed by atoms with Crippen LogP contribution in [0.4, 0.5) is 10.1 Å². The van der Waals surface area contributed by atoms with Crippen molar-refractivity contribution in [3.05, 3.63) is 95.1 Å². The number of halogens is 1. The summed E-state index contributed by atoms with van der Waals surface area (Å²) in [4.78, 5) is 14.7. The van der Waals surface area contributed by atoms with E-state index in [0.29, 0.717) is 12.1 Å². The van der Waals surface area contributed by atoms with Crippen LogP contribution in [0.25, 0.3) is 11.5 Å². The van der Waals surface area contributed by atoms with E-state index in [1.54, 1.807) is 24.4 Å². The summed E-state index contributed by atoms with van der Waals surface area (Å²) in [5.41, 5.74) is 4.44. The van der Waals surface area contributed by atoms with Gasteiger partial charge in [-0.25, -0.2) is 4.39 Å². The van der Waals surface area contributed by atoms with Gasteiger partial charge in [-0.2, -0.15) is 5.10 Å². The van der Waals surface area contributed by atoms with Gasteiger partial charge in [-0.15, -0.1) is 0 Å². The highest BCUT2D eigenvalue weighted by Gasteiger charge is 2.19. The van der Waals surface area contributed by atoms with Crippen molar-refractivity contribution in [1.82, 2.24) is 15.1 Å². The Kier molecular flexibility index (Phi) is 5.56. The SMILES string of the molecule is O=C(Cc1ccccc1F)Nc1ccc2c(c1)CN(Cc1ccc(-c3ccn[nH]3)o1)CC2. The van der Waals surface area contributed by atoms with Crippen molar-refractivity contribution in [2.75, 3.05) is 11.9 Å². The first-order valence-electron chi connectivity index (χ1n) is 10.6. The molecular formula is C25H23FN4O2. The van der Waals surface area contributed by atoms with E-state index < -0.39 is 0 Å². The minimum absolute atomic E-state index is 0.00699.